The third-order valence-corrected chi connectivity index (χ3v) is 4.29. The van der Waals surface area contributed by atoms with E-state index in [0.717, 1.165) is 16.9 Å². The van der Waals surface area contributed by atoms with Crippen molar-refractivity contribution in [3.05, 3.63) is 105 Å². The predicted molar refractivity (Wildman–Crippen MR) is 113 cm³/mol. The Balaban J connectivity index is 1.55. The Labute approximate surface area is 172 Å². The van der Waals surface area contributed by atoms with Crippen LogP contribution in [0.2, 0.25) is 5.02 Å². The number of anilines is 1. The highest BCUT2D eigenvalue weighted by Gasteiger charge is 2.10. The van der Waals surface area contributed by atoms with Crippen LogP contribution in [0.3, 0.4) is 0 Å². The van der Waals surface area contributed by atoms with Crippen molar-refractivity contribution in [2.45, 2.75) is 6.61 Å². The first-order valence-corrected chi connectivity index (χ1v) is 9.09. The van der Waals surface area contributed by atoms with Crippen molar-refractivity contribution in [2.75, 3.05) is 5.32 Å². The van der Waals surface area contributed by atoms with Crippen molar-refractivity contribution in [2.24, 2.45) is 0 Å². The van der Waals surface area contributed by atoms with Crippen molar-refractivity contribution >= 4 is 35.0 Å². The maximum atomic E-state index is 12.1. The molecule has 3 aromatic rings. The van der Waals surface area contributed by atoms with Crippen molar-refractivity contribution in [3.8, 4) is 5.75 Å². The van der Waals surface area contributed by atoms with Crippen LogP contribution in [-0.4, -0.2) is 10.8 Å². The lowest BCUT2D eigenvalue weighted by Gasteiger charge is -2.06. The van der Waals surface area contributed by atoms with Crippen LogP contribution in [0.5, 0.6) is 5.75 Å². The molecule has 0 radical (unpaired) electrons. The van der Waals surface area contributed by atoms with E-state index in [2.05, 4.69) is 5.32 Å². The fourth-order valence-electron chi connectivity index (χ4n) is 2.48. The maximum absolute atomic E-state index is 12.1. The number of nitro groups is 1. The fraction of sp³-hybridized carbons (Fsp3) is 0.0455. The smallest absolute Gasteiger partial charge is 0.271 e. The van der Waals surface area contributed by atoms with Gasteiger partial charge in [-0.25, -0.2) is 0 Å². The number of hydrogen-bond donors (Lipinski definition) is 1. The summed E-state index contributed by atoms with van der Waals surface area (Å²) < 4.78 is 5.73. The second-order valence-electron chi connectivity index (χ2n) is 6.09. The molecule has 0 saturated heterocycles. The molecule has 1 N–H and O–H groups in total. The van der Waals surface area contributed by atoms with Gasteiger partial charge in [-0.3, -0.25) is 14.9 Å². The van der Waals surface area contributed by atoms with Gasteiger partial charge >= 0.3 is 0 Å². The lowest BCUT2D eigenvalue weighted by Crippen LogP contribution is -2.08. The van der Waals surface area contributed by atoms with E-state index < -0.39 is 10.8 Å². The molecule has 0 aliphatic heterocycles. The molecule has 0 atom stereocenters. The third kappa shape index (κ3) is 5.92. The van der Waals surface area contributed by atoms with E-state index >= 15 is 0 Å². The first-order chi connectivity index (χ1) is 14.0. The zero-order chi connectivity index (χ0) is 20.6. The van der Waals surface area contributed by atoms with E-state index in [9.17, 15) is 14.9 Å². The number of ether oxygens (including phenoxy) is 1. The number of benzene rings is 3. The van der Waals surface area contributed by atoms with Gasteiger partial charge in [0.15, 0.2) is 0 Å². The molecule has 0 unspecified atom stereocenters. The van der Waals surface area contributed by atoms with Gasteiger partial charge in [-0.2, -0.15) is 0 Å². The lowest BCUT2D eigenvalue weighted by atomic mass is 10.2. The molecular formula is C22H17ClN2O4. The van der Waals surface area contributed by atoms with E-state index in [4.69, 9.17) is 16.3 Å². The highest BCUT2D eigenvalue weighted by molar-refractivity contribution is 6.34. The van der Waals surface area contributed by atoms with E-state index in [0.29, 0.717) is 12.3 Å². The number of carbonyl (C=O) groups excluding carboxylic acids is 1. The summed E-state index contributed by atoms with van der Waals surface area (Å²) in [5.74, 6) is 0.332. The Morgan fingerprint density at radius 1 is 1.07 bits per heavy atom. The largest absolute Gasteiger partial charge is 0.489 e. The maximum Gasteiger partial charge on any atom is 0.271 e. The minimum Gasteiger partial charge on any atom is -0.489 e. The number of hydrogen-bond acceptors (Lipinski definition) is 4. The van der Waals surface area contributed by atoms with Gasteiger partial charge < -0.3 is 10.1 Å². The van der Waals surface area contributed by atoms with Crippen LogP contribution in [0.1, 0.15) is 11.1 Å². The molecule has 1 amide bonds. The summed E-state index contributed by atoms with van der Waals surface area (Å²) in [5, 5.41) is 13.4. The number of amides is 1. The van der Waals surface area contributed by atoms with Gasteiger partial charge in [0.2, 0.25) is 5.91 Å². The second-order valence-corrected chi connectivity index (χ2v) is 6.49. The summed E-state index contributed by atoms with van der Waals surface area (Å²) in [6.45, 7) is 0.481. The second kappa shape index (κ2) is 9.52. The van der Waals surface area contributed by atoms with E-state index in [1.807, 2.05) is 54.6 Å². The molecule has 0 bridgehead atoms. The molecule has 0 saturated carbocycles. The normalized spacial score (nSPS) is 10.7. The quantitative estimate of drug-likeness (QED) is 0.319. The topological polar surface area (TPSA) is 81.5 Å². The summed E-state index contributed by atoms with van der Waals surface area (Å²) in [7, 11) is 0. The summed E-state index contributed by atoms with van der Waals surface area (Å²) in [4.78, 5) is 22.2. The predicted octanol–water partition coefficient (Wildman–Crippen LogP) is 5.48. The lowest BCUT2D eigenvalue weighted by molar-refractivity contribution is -0.384. The Kier molecular flexibility index (Phi) is 6.60. The van der Waals surface area contributed by atoms with Gasteiger partial charge in [-0.05, 0) is 35.4 Å². The fourth-order valence-corrected chi connectivity index (χ4v) is 2.70. The number of nitrogens with zero attached hydrogens (tertiary/aromatic N) is 1. The number of nitro benzene ring substituents is 1. The molecule has 3 rings (SSSR count). The van der Waals surface area contributed by atoms with Gasteiger partial charge in [-0.15, -0.1) is 0 Å². The molecule has 0 spiro atoms. The highest BCUT2D eigenvalue weighted by atomic mass is 35.5. The summed E-state index contributed by atoms with van der Waals surface area (Å²) in [6.07, 6.45) is 3.01. The highest BCUT2D eigenvalue weighted by Crippen LogP contribution is 2.26. The number of halogens is 1. The molecule has 0 heterocycles. The standard InChI is InChI=1S/C22H17ClN2O4/c23-20-14-18(25(27)28)9-12-21(20)24-22(26)13-8-16-6-10-19(11-7-16)29-15-17-4-2-1-3-5-17/h1-14H,15H2,(H,24,26)/b13-8+. The van der Waals surface area contributed by atoms with Gasteiger partial charge in [-0.1, -0.05) is 54.1 Å². The van der Waals surface area contributed by atoms with Crippen molar-refractivity contribution in [1.82, 2.24) is 0 Å². The Hall–Kier alpha value is -3.64. The van der Waals surface area contributed by atoms with Crippen molar-refractivity contribution < 1.29 is 14.5 Å². The minimum absolute atomic E-state index is 0.0980. The first kappa shape index (κ1) is 20.1. The van der Waals surface area contributed by atoms with Gasteiger partial charge in [0.25, 0.3) is 5.69 Å². The molecular weight excluding hydrogens is 392 g/mol. The van der Waals surface area contributed by atoms with Crippen LogP contribution in [0, 0.1) is 10.1 Å². The van der Waals surface area contributed by atoms with Crippen LogP contribution in [0.25, 0.3) is 6.08 Å². The molecule has 0 fully saturated rings. The number of nitrogens with one attached hydrogen (secondary N) is 1. The number of non-ortho nitro benzene ring substituents is 1. The van der Waals surface area contributed by atoms with Crippen molar-refractivity contribution in [1.29, 1.82) is 0 Å². The summed E-state index contributed by atoms with van der Waals surface area (Å²) >= 11 is 5.97. The van der Waals surface area contributed by atoms with Crippen LogP contribution in [-0.2, 0) is 11.4 Å². The van der Waals surface area contributed by atoms with Gasteiger partial charge in [0, 0.05) is 18.2 Å². The summed E-state index contributed by atoms with van der Waals surface area (Å²) in [5.41, 5.74) is 2.06. The van der Waals surface area contributed by atoms with Crippen LogP contribution in [0.4, 0.5) is 11.4 Å². The molecule has 6 nitrogen and oxygen atoms in total. The zero-order valence-electron chi connectivity index (χ0n) is 15.2. The summed E-state index contributed by atoms with van der Waals surface area (Å²) in [6, 6.07) is 21.0. The average molecular weight is 409 g/mol. The molecule has 29 heavy (non-hydrogen) atoms. The monoisotopic (exact) mass is 408 g/mol. The van der Waals surface area contributed by atoms with Gasteiger partial charge in [0.1, 0.15) is 12.4 Å². The Bertz CT molecular complexity index is 1030. The van der Waals surface area contributed by atoms with Crippen LogP contribution in [0.15, 0.2) is 78.9 Å². The molecule has 0 aliphatic rings. The van der Waals surface area contributed by atoms with Crippen LogP contribution < -0.4 is 10.1 Å². The van der Waals surface area contributed by atoms with E-state index in [1.165, 1.54) is 24.3 Å². The molecule has 146 valence electrons. The third-order valence-electron chi connectivity index (χ3n) is 3.98. The minimum atomic E-state index is -0.551. The average Bonchev–Trinajstić information content (AvgIpc) is 2.73. The van der Waals surface area contributed by atoms with Crippen LogP contribution >= 0.6 is 11.6 Å². The van der Waals surface area contributed by atoms with E-state index in [1.54, 1.807) is 6.08 Å². The van der Waals surface area contributed by atoms with Crippen molar-refractivity contribution in [3.63, 3.8) is 0 Å². The molecule has 7 heteroatoms. The number of rotatable bonds is 7. The van der Waals surface area contributed by atoms with E-state index in [-0.39, 0.29) is 10.7 Å². The Morgan fingerprint density at radius 3 is 2.45 bits per heavy atom. The number of carbonyl (C=O) groups is 1. The molecule has 0 aromatic heterocycles. The Morgan fingerprint density at radius 2 is 1.79 bits per heavy atom. The zero-order valence-corrected chi connectivity index (χ0v) is 16.0. The van der Waals surface area contributed by atoms with Gasteiger partial charge in [0.05, 0.1) is 15.6 Å². The molecule has 0 aliphatic carbocycles. The first-order valence-electron chi connectivity index (χ1n) is 8.71. The SMILES string of the molecule is O=C(/C=C/c1ccc(OCc2ccccc2)cc1)Nc1ccc([N+](=O)[O-])cc1Cl. The molecule has 3 aromatic carbocycles.